The fourth-order valence-corrected chi connectivity index (χ4v) is 4.37. The van der Waals surface area contributed by atoms with Gasteiger partial charge in [0, 0.05) is 17.8 Å². The van der Waals surface area contributed by atoms with Gasteiger partial charge in [-0.15, -0.1) is 0 Å². The predicted molar refractivity (Wildman–Crippen MR) is 130 cm³/mol. The molecule has 0 amide bonds. The number of carboxylic acid groups (broad SMARTS) is 1. The van der Waals surface area contributed by atoms with Crippen LogP contribution in [0.2, 0.25) is 0 Å². The second-order valence-corrected chi connectivity index (χ2v) is 8.68. The van der Waals surface area contributed by atoms with E-state index >= 15 is 0 Å². The van der Waals surface area contributed by atoms with Crippen molar-refractivity contribution in [2.24, 2.45) is 5.73 Å². The van der Waals surface area contributed by atoms with Gasteiger partial charge < -0.3 is 25.6 Å². The molecule has 0 saturated heterocycles. The molecule has 1 aliphatic rings. The van der Waals surface area contributed by atoms with Crippen molar-refractivity contribution in [3.63, 3.8) is 0 Å². The van der Waals surface area contributed by atoms with Crippen molar-refractivity contribution in [2.75, 3.05) is 25.2 Å². The second kappa shape index (κ2) is 11.8. The Morgan fingerprint density at radius 3 is 2.31 bits per heavy atom. The number of nitro groups is 1. The number of nitrogens with one attached hydrogen (secondary N) is 1. The van der Waals surface area contributed by atoms with Crippen LogP contribution < -0.4 is 11.1 Å². The van der Waals surface area contributed by atoms with Crippen molar-refractivity contribution < 1.29 is 33.9 Å². The predicted octanol–water partition coefficient (Wildman–Crippen LogP) is 2.47. The third-order valence-electron chi connectivity index (χ3n) is 5.50. The largest absolute Gasteiger partial charge is 0.480 e. The van der Waals surface area contributed by atoms with Crippen LogP contribution in [-0.2, 0) is 23.9 Å². The topological polar surface area (TPSA) is 171 Å². The summed E-state index contributed by atoms with van der Waals surface area (Å²) in [7, 11) is 0. The van der Waals surface area contributed by atoms with Crippen LogP contribution >= 0.6 is 11.8 Å². The fraction of sp³-hybridized carbons (Fsp3) is 0.435. The summed E-state index contributed by atoms with van der Waals surface area (Å²) in [5.41, 5.74) is 4.15. The number of carbonyl (C=O) groups is 3. The van der Waals surface area contributed by atoms with Gasteiger partial charge in [-0.25, -0.2) is 14.4 Å². The van der Waals surface area contributed by atoms with Gasteiger partial charge in [0.2, 0.25) is 0 Å². The number of dihydropyridines is 1. The zero-order valence-electron chi connectivity index (χ0n) is 20.0. The van der Waals surface area contributed by atoms with Crippen LogP contribution in [0.4, 0.5) is 5.69 Å². The minimum atomic E-state index is -2.04. The van der Waals surface area contributed by atoms with Crippen molar-refractivity contribution in [3.8, 4) is 0 Å². The molecule has 4 N–H and O–H groups in total. The maximum Gasteiger partial charge on any atom is 0.336 e. The van der Waals surface area contributed by atoms with Gasteiger partial charge in [0.05, 0.1) is 40.9 Å². The molecule has 0 aliphatic carbocycles. The van der Waals surface area contributed by atoms with E-state index in [-0.39, 0.29) is 53.4 Å². The molecule has 0 spiro atoms. The van der Waals surface area contributed by atoms with E-state index in [1.165, 1.54) is 43.0 Å². The van der Waals surface area contributed by atoms with Gasteiger partial charge in [0.25, 0.3) is 5.69 Å². The molecule has 0 fully saturated rings. The third-order valence-corrected chi connectivity index (χ3v) is 6.11. The number of esters is 2. The summed E-state index contributed by atoms with van der Waals surface area (Å²) in [6, 6.07) is 5.41. The van der Waals surface area contributed by atoms with Crippen molar-refractivity contribution in [3.05, 3.63) is 62.5 Å². The maximum absolute atomic E-state index is 13.3. The smallest absolute Gasteiger partial charge is 0.336 e. The summed E-state index contributed by atoms with van der Waals surface area (Å²) >= 11 is 1.37. The van der Waals surface area contributed by atoms with E-state index in [1.54, 1.807) is 20.1 Å². The molecule has 0 bridgehead atoms. The van der Waals surface area contributed by atoms with Crippen LogP contribution in [0.25, 0.3) is 0 Å². The van der Waals surface area contributed by atoms with E-state index in [2.05, 4.69) is 5.32 Å². The van der Waals surface area contributed by atoms with Gasteiger partial charge in [-0.2, -0.15) is 11.8 Å². The monoisotopic (exact) mass is 507 g/mol. The Kier molecular flexibility index (Phi) is 9.43. The van der Waals surface area contributed by atoms with E-state index in [0.29, 0.717) is 5.75 Å². The molecule has 2 rings (SSSR count). The molecule has 2 atom stereocenters. The van der Waals surface area contributed by atoms with Crippen molar-refractivity contribution in [2.45, 2.75) is 38.6 Å². The number of carboxylic acids is 1. The van der Waals surface area contributed by atoms with Crippen LogP contribution in [-0.4, -0.2) is 58.7 Å². The molecule has 0 saturated carbocycles. The Hall–Kier alpha value is -3.38. The molecular weight excluding hydrogens is 478 g/mol. The average molecular weight is 508 g/mol. The normalized spacial score (nSPS) is 17.3. The molecule has 12 heteroatoms. The number of nitrogens with zero attached hydrogens (tertiary/aromatic N) is 1. The van der Waals surface area contributed by atoms with Crippen molar-refractivity contribution >= 4 is 35.4 Å². The van der Waals surface area contributed by atoms with Gasteiger partial charge in [0.1, 0.15) is 0 Å². The fourth-order valence-electron chi connectivity index (χ4n) is 3.84. The van der Waals surface area contributed by atoms with E-state index in [9.17, 15) is 29.6 Å². The highest BCUT2D eigenvalue weighted by Crippen LogP contribution is 2.43. The highest BCUT2D eigenvalue weighted by Gasteiger charge is 2.48. The lowest BCUT2D eigenvalue weighted by Crippen LogP contribution is -2.56. The Morgan fingerprint density at radius 1 is 1.20 bits per heavy atom. The van der Waals surface area contributed by atoms with Crippen molar-refractivity contribution in [1.29, 1.82) is 0 Å². The summed E-state index contributed by atoms with van der Waals surface area (Å²) in [5.74, 6) is -3.92. The van der Waals surface area contributed by atoms with Crippen LogP contribution in [0, 0.1) is 10.1 Å². The first-order valence-electron chi connectivity index (χ1n) is 10.9. The Labute approximate surface area is 206 Å². The number of hydrogen-bond acceptors (Lipinski definition) is 10. The van der Waals surface area contributed by atoms with E-state index in [4.69, 9.17) is 15.2 Å². The number of hydrogen-bond donors (Lipinski definition) is 3. The number of benzene rings is 1. The standard InChI is InChI=1S/C23H29N3O8S/c1-5-33-20(27)16-13(3)25-19(23(24,22(29)30)10-11-35-4)18(21(28)34-6-2)17(16)14-8-7-9-15(12-14)26(31)32/h7-9,12,17,25H,5-6,10-11,24H2,1-4H3,(H,29,30). The molecule has 190 valence electrons. The summed E-state index contributed by atoms with van der Waals surface area (Å²) in [6.07, 6.45) is 1.74. The first kappa shape index (κ1) is 27.9. The molecule has 1 heterocycles. The first-order chi connectivity index (χ1) is 16.5. The van der Waals surface area contributed by atoms with E-state index in [0.717, 1.165) is 0 Å². The Bertz CT molecular complexity index is 1080. The van der Waals surface area contributed by atoms with Crippen LogP contribution in [0.3, 0.4) is 0 Å². The van der Waals surface area contributed by atoms with Gasteiger partial charge in [0.15, 0.2) is 5.54 Å². The molecule has 0 aromatic heterocycles. The number of non-ortho nitro benzene ring substituents is 1. The van der Waals surface area contributed by atoms with Gasteiger partial charge in [-0.1, -0.05) is 12.1 Å². The minimum absolute atomic E-state index is 0.00300. The highest BCUT2D eigenvalue weighted by molar-refractivity contribution is 7.98. The summed E-state index contributed by atoms with van der Waals surface area (Å²) in [4.78, 5) is 49.6. The molecule has 1 aromatic carbocycles. The second-order valence-electron chi connectivity index (χ2n) is 7.70. The lowest BCUT2D eigenvalue weighted by atomic mass is 9.76. The van der Waals surface area contributed by atoms with Gasteiger partial charge in [-0.05, 0) is 44.8 Å². The van der Waals surface area contributed by atoms with Crippen LogP contribution in [0.15, 0.2) is 46.8 Å². The summed E-state index contributed by atoms with van der Waals surface area (Å²) in [6.45, 7) is 4.70. The SMILES string of the molecule is CCOC(=O)C1=C(C)NC(C(N)(CCSC)C(=O)O)=C(C(=O)OCC)C1c1cccc([N+](=O)[O-])c1. The third kappa shape index (κ3) is 5.82. The zero-order valence-corrected chi connectivity index (χ0v) is 20.8. The number of ether oxygens (including phenoxy) is 2. The number of carbonyl (C=O) groups excluding carboxylic acids is 2. The molecule has 11 nitrogen and oxygen atoms in total. The molecule has 2 unspecified atom stereocenters. The molecule has 35 heavy (non-hydrogen) atoms. The number of nitro benzene ring substituents is 1. The number of allylic oxidation sites excluding steroid dienone is 1. The van der Waals surface area contributed by atoms with Crippen LogP contribution in [0.5, 0.6) is 0 Å². The molecule has 1 aliphatic heterocycles. The molecule has 1 aromatic rings. The lowest BCUT2D eigenvalue weighted by Gasteiger charge is -2.37. The van der Waals surface area contributed by atoms with E-state index in [1.807, 2.05) is 0 Å². The number of nitrogens with two attached hydrogens (primary N) is 1. The Balaban J connectivity index is 2.95. The summed E-state index contributed by atoms with van der Waals surface area (Å²) < 4.78 is 10.5. The quantitative estimate of drug-likeness (QED) is 0.228. The average Bonchev–Trinajstić information content (AvgIpc) is 2.81. The Morgan fingerprint density at radius 2 is 1.80 bits per heavy atom. The lowest BCUT2D eigenvalue weighted by molar-refractivity contribution is -0.384. The molecule has 0 radical (unpaired) electrons. The number of rotatable bonds is 11. The summed E-state index contributed by atoms with van der Waals surface area (Å²) in [5, 5.41) is 24.4. The molecular formula is C23H29N3O8S. The van der Waals surface area contributed by atoms with Crippen LogP contribution in [0.1, 0.15) is 38.7 Å². The zero-order chi connectivity index (χ0) is 26.3. The maximum atomic E-state index is 13.3. The highest BCUT2D eigenvalue weighted by atomic mass is 32.2. The minimum Gasteiger partial charge on any atom is -0.480 e. The number of aliphatic carboxylic acids is 1. The first-order valence-corrected chi connectivity index (χ1v) is 12.2. The van der Waals surface area contributed by atoms with Gasteiger partial charge in [-0.3, -0.25) is 10.1 Å². The van der Waals surface area contributed by atoms with Crippen molar-refractivity contribution in [1.82, 2.24) is 5.32 Å². The number of thioether (sulfide) groups is 1. The van der Waals surface area contributed by atoms with Gasteiger partial charge >= 0.3 is 17.9 Å². The van der Waals surface area contributed by atoms with E-state index < -0.39 is 34.3 Å².